The van der Waals surface area contributed by atoms with Crippen molar-refractivity contribution in [1.82, 2.24) is 10.0 Å². The van der Waals surface area contributed by atoms with E-state index in [0.29, 0.717) is 18.3 Å². The Balaban J connectivity index is 2.19. The summed E-state index contributed by atoms with van der Waals surface area (Å²) >= 11 is 0. The number of benzene rings is 1. The number of sulfonamides is 1. The molecule has 1 aromatic rings. The Hall–Kier alpha value is -1.51. The molecule has 7 nitrogen and oxygen atoms in total. The largest absolute Gasteiger partial charge is 0.496 e. The zero-order valence-corrected chi connectivity index (χ0v) is 14.5. The highest BCUT2D eigenvalue weighted by Crippen LogP contribution is 2.37. The molecule has 0 aromatic heterocycles. The van der Waals surface area contributed by atoms with Crippen molar-refractivity contribution in [3.05, 3.63) is 12.1 Å². The van der Waals surface area contributed by atoms with E-state index in [1.807, 2.05) is 0 Å². The second-order valence-corrected chi connectivity index (χ2v) is 7.04. The van der Waals surface area contributed by atoms with Crippen molar-refractivity contribution >= 4 is 10.0 Å². The van der Waals surface area contributed by atoms with Crippen molar-refractivity contribution in [2.75, 3.05) is 34.4 Å². The van der Waals surface area contributed by atoms with E-state index in [-0.39, 0.29) is 16.4 Å². The summed E-state index contributed by atoms with van der Waals surface area (Å²) in [5.41, 5.74) is 0. The third kappa shape index (κ3) is 4.27. The third-order valence-corrected chi connectivity index (χ3v) is 5.41. The van der Waals surface area contributed by atoms with Gasteiger partial charge in [-0.1, -0.05) is 0 Å². The molecule has 1 atom stereocenters. The summed E-state index contributed by atoms with van der Waals surface area (Å²) in [6, 6.07) is 3.42. The monoisotopic (exact) mass is 344 g/mol. The molecule has 0 unspecified atom stereocenters. The molecule has 1 saturated heterocycles. The van der Waals surface area contributed by atoms with Crippen LogP contribution in [0.3, 0.4) is 0 Å². The van der Waals surface area contributed by atoms with Crippen LogP contribution in [0.2, 0.25) is 0 Å². The molecule has 0 radical (unpaired) electrons. The Bertz CT molecular complexity index is 602. The summed E-state index contributed by atoms with van der Waals surface area (Å²) in [5.74, 6) is 0.841. The van der Waals surface area contributed by atoms with E-state index in [0.717, 1.165) is 25.8 Å². The lowest BCUT2D eigenvalue weighted by Gasteiger charge is -2.16. The smallest absolute Gasteiger partial charge is 0.247 e. The fraction of sp³-hybridized carbons (Fsp3) is 0.600. The highest BCUT2D eigenvalue weighted by atomic mass is 32.2. The van der Waals surface area contributed by atoms with Gasteiger partial charge in [-0.3, -0.25) is 0 Å². The summed E-state index contributed by atoms with van der Waals surface area (Å²) in [7, 11) is 0.574. The van der Waals surface area contributed by atoms with E-state index in [9.17, 15) is 8.42 Å². The maximum atomic E-state index is 12.6. The van der Waals surface area contributed by atoms with Crippen molar-refractivity contribution in [3.63, 3.8) is 0 Å². The van der Waals surface area contributed by atoms with Gasteiger partial charge in [0.25, 0.3) is 0 Å². The molecule has 1 aliphatic heterocycles. The fourth-order valence-electron chi connectivity index (χ4n) is 2.68. The Morgan fingerprint density at radius 1 is 1.17 bits per heavy atom. The molecule has 23 heavy (non-hydrogen) atoms. The zero-order valence-electron chi connectivity index (χ0n) is 13.7. The highest BCUT2D eigenvalue weighted by Gasteiger charge is 2.26. The lowest BCUT2D eigenvalue weighted by Crippen LogP contribution is -2.31. The second-order valence-electron chi connectivity index (χ2n) is 5.34. The van der Waals surface area contributed by atoms with Gasteiger partial charge in [-0.05, 0) is 25.8 Å². The van der Waals surface area contributed by atoms with Crippen LogP contribution >= 0.6 is 0 Å². The van der Waals surface area contributed by atoms with E-state index in [2.05, 4.69) is 10.0 Å². The maximum absolute atomic E-state index is 12.6. The number of nitrogens with one attached hydrogen (secondary N) is 2. The average molecular weight is 344 g/mol. The molecular weight excluding hydrogens is 320 g/mol. The molecule has 0 bridgehead atoms. The number of ether oxygens (including phenoxy) is 3. The number of methoxy groups -OCH3 is 3. The van der Waals surface area contributed by atoms with E-state index in [1.54, 1.807) is 0 Å². The number of rotatable bonds is 8. The molecule has 0 amide bonds. The third-order valence-electron chi connectivity index (χ3n) is 3.89. The van der Waals surface area contributed by atoms with Gasteiger partial charge in [0.2, 0.25) is 10.0 Å². The lowest BCUT2D eigenvalue weighted by atomic mass is 10.2. The minimum Gasteiger partial charge on any atom is -0.496 e. The van der Waals surface area contributed by atoms with Gasteiger partial charge in [-0.15, -0.1) is 0 Å². The summed E-state index contributed by atoms with van der Waals surface area (Å²) in [6.45, 7) is 1.36. The zero-order chi connectivity index (χ0) is 16.9. The van der Waals surface area contributed by atoms with Gasteiger partial charge in [-0.2, -0.15) is 0 Å². The first-order valence-electron chi connectivity index (χ1n) is 7.55. The molecule has 1 fully saturated rings. The average Bonchev–Trinajstić information content (AvgIpc) is 3.06. The van der Waals surface area contributed by atoms with Crippen LogP contribution < -0.4 is 24.2 Å². The summed E-state index contributed by atoms with van der Waals surface area (Å²) < 4.78 is 43.4. The number of hydrogen-bond acceptors (Lipinski definition) is 6. The summed E-state index contributed by atoms with van der Waals surface area (Å²) in [6.07, 6.45) is 2.97. The van der Waals surface area contributed by atoms with Gasteiger partial charge < -0.3 is 19.5 Å². The van der Waals surface area contributed by atoms with Gasteiger partial charge in [0.1, 0.15) is 17.2 Å². The first-order valence-corrected chi connectivity index (χ1v) is 9.03. The Labute approximate surface area is 137 Å². The quantitative estimate of drug-likeness (QED) is 0.735. The predicted octanol–water partition coefficient (Wildman–Crippen LogP) is 1.13. The molecule has 8 heteroatoms. The van der Waals surface area contributed by atoms with Crippen molar-refractivity contribution in [1.29, 1.82) is 0 Å². The first-order chi connectivity index (χ1) is 11.0. The van der Waals surface area contributed by atoms with Crippen molar-refractivity contribution in [2.24, 2.45) is 0 Å². The standard InChI is InChI=1S/C15H24N2O5S/c1-20-12-9-13(21-2)15(14(10-12)22-3)23(18,19)17-8-6-11-5-4-7-16-11/h9-11,16-17H,4-8H2,1-3H3/t11-/m1/s1. The molecule has 2 N–H and O–H groups in total. The SMILES string of the molecule is COc1cc(OC)c(S(=O)(=O)NCC[C@H]2CCCN2)c(OC)c1. The Morgan fingerprint density at radius 2 is 1.83 bits per heavy atom. The van der Waals surface area contributed by atoms with E-state index in [4.69, 9.17) is 14.2 Å². The van der Waals surface area contributed by atoms with Crippen molar-refractivity contribution in [3.8, 4) is 17.2 Å². The molecule has 2 rings (SSSR count). The van der Waals surface area contributed by atoms with Crippen LogP contribution in [-0.4, -0.2) is 48.9 Å². The van der Waals surface area contributed by atoms with Crippen LogP contribution in [0.15, 0.2) is 17.0 Å². The van der Waals surface area contributed by atoms with Gasteiger partial charge in [-0.25, -0.2) is 13.1 Å². The minimum absolute atomic E-state index is 0.0114. The first kappa shape index (κ1) is 17.8. The van der Waals surface area contributed by atoms with E-state index >= 15 is 0 Å². The van der Waals surface area contributed by atoms with Crippen molar-refractivity contribution in [2.45, 2.75) is 30.2 Å². The predicted molar refractivity (Wildman–Crippen MR) is 86.9 cm³/mol. The fourth-order valence-corrected chi connectivity index (χ4v) is 4.03. The van der Waals surface area contributed by atoms with Gasteiger partial charge in [0.05, 0.1) is 21.3 Å². The van der Waals surface area contributed by atoms with Gasteiger partial charge in [0, 0.05) is 24.7 Å². The summed E-state index contributed by atoms with van der Waals surface area (Å²) in [4.78, 5) is -0.0114. The summed E-state index contributed by atoms with van der Waals surface area (Å²) in [5, 5.41) is 3.34. The minimum atomic E-state index is -3.75. The molecule has 0 saturated carbocycles. The molecule has 130 valence electrons. The van der Waals surface area contributed by atoms with Crippen LogP contribution in [0.25, 0.3) is 0 Å². The molecule has 0 aliphatic carbocycles. The Kier molecular flexibility index (Phi) is 6.09. The molecule has 1 heterocycles. The van der Waals surface area contributed by atoms with Crippen LogP contribution in [-0.2, 0) is 10.0 Å². The normalized spacial score (nSPS) is 18.0. The van der Waals surface area contributed by atoms with Crippen molar-refractivity contribution < 1.29 is 22.6 Å². The van der Waals surface area contributed by atoms with E-state index < -0.39 is 10.0 Å². The maximum Gasteiger partial charge on any atom is 0.247 e. The molecule has 1 aliphatic rings. The van der Waals surface area contributed by atoms with Crippen LogP contribution in [0.4, 0.5) is 0 Å². The second kappa shape index (κ2) is 7.85. The topological polar surface area (TPSA) is 85.9 Å². The van der Waals surface area contributed by atoms with Crippen LogP contribution in [0.1, 0.15) is 19.3 Å². The number of hydrogen-bond donors (Lipinski definition) is 2. The molecule has 0 spiro atoms. The Morgan fingerprint density at radius 3 is 2.30 bits per heavy atom. The molecular formula is C15H24N2O5S. The highest BCUT2D eigenvalue weighted by molar-refractivity contribution is 7.89. The van der Waals surface area contributed by atoms with Crippen LogP contribution in [0, 0.1) is 0 Å². The van der Waals surface area contributed by atoms with Gasteiger partial charge in [0.15, 0.2) is 4.90 Å². The lowest BCUT2D eigenvalue weighted by molar-refractivity contribution is 0.358. The van der Waals surface area contributed by atoms with Crippen LogP contribution in [0.5, 0.6) is 17.2 Å². The molecule has 1 aromatic carbocycles. The van der Waals surface area contributed by atoms with Gasteiger partial charge >= 0.3 is 0 Å². The van der Waals surface area contributed by atoms with E-state index in [1.165, 1.54) is 33.5 Å².